The van der Waals surface area contributed by atoms with Gasteiger partial charge in [0.2, 0.25) is 0 Å². The number of benzene rings is 2. The fraction of sp³-hybridized carbons (Fsp3) is 0.294. The molecular formula is C17H21NO. The van der Waals surface area contributed by atoms with Gasteiger partial charge in [-0.3, -0.25) is 0 Å². The normalized spacial score (nSPS) is 12.3. The molecular weight excluding hydrogens is 234 g/mol. The number of hydrogen-bond acceptors (Lipinski definition) is 2. The Morgan fingerprint density at radius 2 is 1.58 bits per heavy atom. The van der Waals surface area contributed by atoms with Crippen LogP contribution in [0.3, 0.4) is 0 Å². The Kier molecular flexibility index (Phi) is 5.13. The lowest BCUT2D eigenvalue weighted by Gasteiger charge is -2.07. The summed E-state index contributed by atoms with van der Waals surface area (Å²) in [6, 6.07) is 19.1. The second-order valence-corrected chi connectivity index (χ2v) is 4.87. The summed E-state index contributed by atoms with van der Waals surface area (Å²) >= 11 is 0. The summed E-state index contributed by atoms with van der Waals surface area (Å²) < 4.78 is 0. The molecule has 19 heavy (non-hydrogen) atoms. The van der Waals surface area contributed by atoms with Crippen molar-refractivity contribution in [3.8, 4) is 11.1 Å². The summed E-state index contributed by atoms with van der Waals surface area (Å²) in [6.07, 6.45) is 0.711. The molecule has 0 spiro atoms. The van der Waals surface area contributed by atoms with E-state index in [-0.39, 0.29) is 6.10 Å². The van der Waals surface area contributed by atoms with Crippen LogP contribution in [0.1, 0.15) is 12.5 Å². The van der Waals surface area contributed by atoms with Crippen molar-refractivity contribution in [3.63, 3.8) is 0 Å². The smallest absolute Gasteiger partial charge is 0.0636 e. The van der Waals surface area contributed by atoms with Crippen molar-refractivity contribution in [2.24, 2.45) is 0 Å². The van der Waals surface area contributed by atoms with E-state index in [1.807, 2.05) is 6.07 Å². The first-order valence-electron chi connectivity index (χ1n) is 6.79. The fourth-order valence-electron chi connectivity index (χ4n) is 2.04. The Balaban J connectivity index is 1.88. The molecule has 2 aromatic carbocycles. The molecule has 0 aromatic heterocycles. The molecule has 100 valence electrons. The standard InChI is InChI=1S/C17H21NO/c1-14(19)13-18-12-11-15-7-9-17(10-8-15)16-5-3-2-4-6-16/h2-10,14,18-19H,11-13H2,1H3. The largest absolute Gasteiger partial charge is 0.392 e. The molecule has 0 fully saturated rings. The zero-order chi connectivity index (χ0) is 13.5. The Morgan fingerprint density at radius 3 is 2.21 bits per heavy atom. The Bertz CT molecular complexity index is 476. The minimum Gasteiger partial charge on any atom is -0.392 e. The topological polar surface area (TPSA) is 32.3 Å². The number of aliphatic hydroxyl groups excluding tert-OH is 1. The highest BCUT2D eigenvalue weighted by atomic mass is 16.3. The molecule has 2 rings (SSSR count). The van der Waals surface area contributed by atoms with Gasteiger partial charge in [-0.2, -0.15) is 0 Å². The molecule has 0 saturated carbocycles. The Hall–Kier alpha value is -1.64. The van der Waals surface area contributed by atoms with E-state index < -0.39 is 0 Å². The number of rotatable bonds is 6. The quantitative estimate of drug-likeness (QED) is 0.778. The molecule has 1 unspecified atom stereocenters. The van der Waals surface area contributed by atoms with Gasteiger partial charge < -0.3 is 10.4 Å². The third-order valence-corrected chi connectivity index (χ3v) is 3.09. The van der Waals surface area contributed by atoms with Crippen LogP contribution in [-0.2, 0) is 6.42 Å². The molecule has 0 radical (unpaired) electrons. The summed E-state index contributed by atoms with van der Waals surface area (Å²) in [5, 5.41) is 12.4. The summed E-state index contributed by atoms with van der Waals surface area (Å²) in [4.78, 5) is 0. The van der Waals surface area contributed by atoms with Gasteiger partial charge in [-0.1, -0.05) is 54.6 Å². The van der Waals surface area contributed by atoms with Gasteiger partial charge in [0, 0.05) is 6.54 Å². The van der Waals surface area contributed by atoms with E-state index in [1.54, 1.807) is 6.92 Å². The lowest BCUT2D eigenvalue weighted by atomic mass is 10.0. The van der Waals surface area contributed by atoms with Crippen molar-refractivity contribution in [2.75, 3.05) is 13.1 Å². The van der Waals surface area contributed by atoms with Gasteiger partial charge in [0.15, 0.2) is 0 Å². The molecule has 2 N–H and O–H groups in total. The van der Waals surface area contributed by atoms with Gasteiger partial charge >= 0.3 is 0 Å². The molecule has 0 amide bonds. The molecule has 0 aliphatic carbocycles. The highest BCUT2D eigenvalue weighted by Crippen LogP contribution is 2.19. The molecule has 0 saturated heterocycles. The van der Waals surface area contributed by atoms with E-state index in [2.05, 4.69) is 53.8 Å². The van der Waals surface area contributed by atoms with Crippen LogP contribution in [0.2, 0.25) is 0 Å². The van der Waals surface area contributed by atoms with E-state index in [0.29, 0.717) is 6.54 Å². The molecule has 2 aromatic rings. The van der Waals surface area contributed by atoms with Crippen LogP contribution in [0.15, 0.2) is 54.6 Å². The van der Waals surface area contributed by atoms with Gasteiger partial charge in [-0.25, -0.2) is 0 Å². The monoisotopic (exact) mass is 255 g/mol. The summed E-state index contributed by atoms with van der Waals surface area (Å²) in [7, 11) is 0. The highest BCUT2D eigenvalue weighted by molar-refractivity contribution is 5.63. The first kappa shape index (κ1) is 13.8. The molecule has 2 heteroatoms. The molecule has 0 heterocycles. The first-order chi connectivity index (χ1) is 9.25. The van der Waals surface area contributed by atoms with Gasteiger partial charge in [0.1, 0.15) is 0 Å². The number of hydrogen-bond donors (Lipinski definition) is 2. The molecule has 1 atom stereocenters. The van der Waals surface area contributed by atoms with Gasteiger partial charge in [0.05, 0.1) is 6.10 Å². The zero-order valence-corrected chi connectivity index (χ0v) is 11.3. The van der Waals surface area contributed by atoms with Crippen LogP contribution < -0.4 is 5.32 Å². The average molecular weight is 255 g/mol. The number of aliphatic hydroxyl groups is 1. The van der Waals surface area contributed by atoms with Crippen molar-refractivity contribution in [1.82, 2.24) is 5.32 Å². The van der Waals surface area contributed by atoms with Crippen LogP contribution in [0.4, 0.5) is 0 Å². The average Bonchev–Trinajstić information content (AvgIpc) is 2.45. The predicted molar refractivity (Wildman–Crippen MR) is 80.1 cm³/mol. The SMILES string of the molecule is CC(O)CNCCc1ccc(-c2ccccc2)cc1. The van der Waals surface area contributed by atoms with Crippen molar-refractivity contribution < 1.29 is 5.11 Å². The van der Waals surface area contributed by atoms with E-state index in [1.165, 1.54) is 16.7 Å². The molecule has 2 nitrogen and oxygen atoms in total. The minimum absolute atomic E-state index is 0.277. The lowest BCUT2D eigenvalue weighted by molar-refractivity contribution is 0.191. The van der Waals surface area contributed by atoms with Gasteiger partial charge in [0.25, 0.3) is 0 Å². The zero-order valence-electron chi connectivity index (χ0n) is 11.3. The maximum atomic E-state index is 9.15. The summed E-state index contributed by atoms with van der Waals surface area (Å²) in [5.41, 5.74) is 3.82. The number of nitrogens with one attached hydrogen (secondary N) is 1. The van der Waals surface area contributed by atoms with Crippen molar-refractivity contribution in [3.05, 3.63) is 60.2 Å². The minimum atomic E-state index is -0.277. The maximum absolute atomic E-state index is 9.15. The second-order valence-electron chi connectivity index (χ2n) is 4.87. The molecule has 0 aliphatic rings. The fourth-order valence-corrected chi connectivity index (χ4v) is 2.04. The summed E-state index contributed by atoms with van der Waals surface area (Å²) in [6.45, 7) is 3.35. The Labute approximate surface area is 115 Å². The maximum Gasteiger partial charge on any atom is 0.0636 e. The second kappa shape index (κ2) is 7.07. The van der Waals surface area contributed by atoms with Crippen LogP contribution in [0.25, 0.3) is 11.1 Å². The third-order valence-electron chi connectivity index (χ3n) is 3.09. The van der Waals surface area contributed by atoms with Crippen molar-refractivity contribution in [2.45, 2.75) is 19.4 Å². The molecule has 0 bridgehead atoms. The van der Waals surface area contributed by atoms with Crippen molar-refractivity contribution >= 4 is 0 Å². The predicted octanol–water partition coefficient (Wildman–Crippen LogP) is 2.87. The summed E-state index contributed by atoms with van der Waals surface area (Å²) in [5.74, 6) is 0. The van der Waals surface area contributed by atoms with Crippen LogP contribution in [0, 0.1) is 0 Å². The van der Waals surface area contributed by atoms with Crippen molar-refractivity contribution in [1.29, 1.82) is 0 Å². The van der Waals surface area contributed by atoms with Gasteiger partial charge in [-0.15, -0.1) is 0 Å². The van der Waals surface area contributed by atoms with Gasteiger partial charge in [-0.05, 0) is 36.6 Å². The van der Waals surface area contributed by atoms with Crippen LogP contribution >= 0.6 is 0 Å². The van der Waals surface area contributed by atoms with E-state index in [0.717, 1.165) is 13.0 Å². The van der Waals surface area contributed by atoms with Crippen LogP contribution in [-0.4, -0.2) is 24.3 Å². The highest BCUT2D eigenvalue weighted by Gasteiger charge is 1.98. The third kappa shape index (κ3) is 4.51. The van der Waals surface area contributed by atoms with E-state index >= 15 is 0 Å². The van der Waals surface area contributed by atoms with E-state index in [4.69, 9.17) is 5.11 Å². The Morgan fingerprint density at radius 1 is 0.947 bits per heavy atom. The van der Waals surface area contributed by atoms with Crippen LogP contribution in [0.5, 0.6) is 0 Å². The molecule has 0 aliphatic heterocycles. The first-order valence-corrected chi connectivity index (χ1v) is 6.79. The lowest BCUT2D eigenvalue weighted by Crippen LogP contribution is -2.26. The van der Waals surface area contributed by atoms with E-state index in [9.17, 15) is 0 Å².